The number of aliphatic hydroxyl groups is 2. The minimum absolute atomic E-state index is 0.107. The zero-order valence-electron chi connectivity index (χ0n) is 23.6. The molecule has 0 heterocycles. The molecule has 2 aliphatic carbocycles. The van der Waals surface area contributed by atoms with Gasteiger partial charge < -0.3 is 10.2 Å². The minimum atomic E-state index is -0.107. The van der Waals surface area contributed by atoms with Gasteiger partial charge in [-0.3, -0.25) is 0 Å². The number of rotatable bonds is 8. The van der Waals surface area contributed by atoms with Crippen molar-refractivity contribution in [1.29, 1.82) is 0 Å². The summed E-state index contributed by atoms with van der Waals surface area (Å²) in [5, 5.41) is 19.8. The second-order valence-corrected chi connectivity index (χ2v) is 13.7. The van der Waals surface area contributed by atoms with Crippen LogP contribution in [-0.2, 0) is 0 Å². The first-order valence-corrected chi connectivity index (χ1v) is 14.0. The Hall–Kier alpha value is -0.0800. The Labute approximate surface area is 202 Å². The van der Waals surface area contributed by atoms with Crippen molar-refractivity contribution in [2.75, 3.05) is 0 Å². The molecule has 2 heteroatoms. The van der Waals surface area contributed by atoms with Crippen LogP contribution < -0.4 is 0 Å². The third-order valence-corrected chi connectivity index (χ3v) is 9.43. The molecule has 0 aromatic rings. The maximum atomic E-state index is 9.91. The van der Waals surface area contributed by atoms with Crippen LogP contribution in [0.1, 0.15) is 133 Å². The summed E-state index contributed by atoms with van der Waals surface area (Å²) < 4.78 is 0. The van der Waals surface area contributed by atoms with E-state index in [2.05, 4.69) is 69.2 Å². The van der Waals surface area contributed by atoms with Gasteiger partial charge in [-0.25, -0.2) is 0 Å². The third-order valence-electron chi connectivity index (χ3n) is 9.43. The first-order valence-electron chi connectivity index (χ1n) is 14.0. The van der Waals surface area contributed by atoms with Crippen molar-refractivity contribution in [1.82, 2.24) is 0 Å². The van der Waals surface area contributed by atoms with Crippen molar-refractivity contribution in [3.63, 3.8) is 0 Å². The van der Waals surface area contributed by atoms with Gasteiger partial charge in [-0.05, 0) is 84.9 Å². The normalized spacial score (nSPS) is 31.7. The Balaban J connectivity index is 0.000000320. The Morgan fingerprint density at radius 2 is 0.969 bits per heavy atom. The van der Waals surface area contributed by atoms with E-state index in [4.69, 9.17) is 0 Å². The molecule has 0 radical (unpaired) electrons. The first kappa shape index (κ1) is 30.0. The predicted molar refractivity (Wildman–Crippen MR) is 141 cm³/mol. The zero-order chi connectivity index (χ0) is 24.7. The maximum Gasteiger partial charge on any atom is 0.0563 e. The summed E-state index contributed by atoms with van der Waals surface area (Å²) in [6.07, 6.45) is 12.4. The van der Waals surface area contributed by atoms with Crippen molar-refractivity contribution in [2.45, 2.75) is 146 Å². The lowest BCUT2D eigenvalue weighted by Gasteiger charge is -2.43. The molecule has 2 aliphatic rings. The lowest BCUT2D eigenvalue weighted by Crippen LogP contribution is -2.34. The highest BCUT2D eigenvalue weighted by Crippen LogP contribution is 2.47. The molecule has 0 aromatic heterocycles. The minimum Gasteiger partial charge on any atom is -0.393 e. The SMILES string of the molecule is CC(C)C(O)CCC1[C@@H](C)CCCC1(C)C.CC(C)C(O)CC[C@H]1[C@@H](C)CCCC1(C)C. The zero-order valence-corrected chi connectivity index (χ0v) is 23.6. The van der Waals surface area contributed by atoms with Crippen LogP contribution in [0.15, 0.2) is 0 Å². The molecular formula is C30H60O2. The van der Waals surface area contributed by atoms with E-state index in [9.17, 15) is 10.2 Å². The van der Waals surface area contributed by atoms with Crippen LogP contribution in [0.3, 0.4) is 0 Å². The fourth-order valence-corrected chi connectivity index (χ4v) is 6.79. The number of aliphatic hydroxyl groups excluding tert-OH is 2. The molecule has 2 nitrogen and oxygen atoms in total. The standard InChI is InChI=1S/2C15H30O/c2*1-11(2)14(16)9-8-13-12(3)7-6-10-15(13,4)5/h2*11-14,16H,6-10H2,1-5H3/t12-,13?,14?;12-,13-,14?/m00/s1. The summed E-state index contributed by atoms with van der Waals surface area (Å²) in [6, 6.07) is 0. The van der Waals surface area contributed by atoms with Crippen LogP contribution in [0.4, 0.5) is 0 Å². The van der Waals surface area contributed by atoms with E-state index in [1.54, 1.807) is 0 Å². The number of hydrogen-bond acceptors (Lipinski definition) is 2. The first-order chi connectivity index (χ1) is 14.7. The average molecular weight is 453 g/mol. The van der Waals surface area contributed by atoms with Crippen molar-refractivity contribution < 1.29 is 10.2 Å². The van der Waals surface area contributed by atoms with Gasteiger partial charge >= 0.3 is 0 Å². The highest BCUT2D eigenvalue weighted by atomic mass is 16.3. The smallest absolute Gasteiger partial charge is 0.0563 e. The fraction of sp³-hybridized carbons (Fsp3) is 1.00. The lowest BCUT2D eigenvalue weighted by atomic mass is 9.62. The Morgan fingerprint density at radius 3 is 1.22 bits per heavy atom. The van der Waals surface area contributed by atoms with Gasteiger partial charge in [0.05, 0.1) is 12.2 Å². The van der Waals surface area contributed by atoms with Gasteiger partial charge in [-0.2, -0.15) is 0 Å². The molecule has 0 aliphatic heterocycles. The van der Waals surface area contributed by atoms with Gasteiger partial charge in [-0.15, -0.1) is 0 Å². The van der Waals surface area contributed by atoms with Gasteiger partial charge in [0.2, 0.25) is 0 Å². The number of hydrogen-bond donors (Lipinski definition) is 2. The molecule has 32 heavy (non-hydrogen) atoms. The van der Waals surface area contributed by atoms with Crippen molar-refractivity contribution in [3.8, 4) is 0 Å². The fourth-order valence-electron chi connectivity index (χ4n) is 6.79. The average Bonchev–Trinajstić information content (AvgIpc) is 2.66. The van der Waals surface area contributed by atoms with Crippen molar-refractivity contribution in [3.05, 3.63) is 0 Å². The highest BCUT2D eigenvalue weighted by molar-refractivity contribution is 4.88. The molecule has 6 atom stereocenters. The van der Waals surface area contributed by atoms with Gasteiger partial charge in [0.25, 0.3) is 0 Å². The molecule has 192 valence electrons. The molecule has 0 amide bonds. The van der Waals surface area contributed by atoms with E-state index in [1.165, 1.54) is 51.4 Å². The summed E-state index contributed by atoms with van der Waals surface area (Å²) in [4.78, 5) is 0. The van der Waals surface area contributed by atoms with E-state index >= 15 is 0 Å². The van der Waals surface area contributed by atoms with Crippen molar-refractivity contribution in [2.24, 2.45) is 46.3 Å². The van der Waals surface area contributed by atoms with Crippen LogP contribution in [0.2, 0.25) is 0 Å². The summed E-state index contributed by atoms with van der Waals surface area (Å²) in [5.41, 5.74) is 0.961. The lowest BCUT2D eigenvalue weighted by molar-refractivity contribution is 0.0469. The van der Waals surface area contributed by atoms with Gasteiger partial charge in [0.15, 0.2) is 0 Å². The predicted octanol–water partition coefficient (Wildman–Crippen LogP) is 8.49. The van der Waals surface area contributed by atoms with E-state index in [0.717, 1.165) is 36.5 Å². The van der Waals surface area contributed by atoms with Gasteiger partial charge in [-0.1, -0.05) is 94.9 Å². The second-order valence-electron chi connectivity index (χ2n) is 13.7. The molecule has 0 bridgehead atoms. The Bertz CT molecular complexity index is 461. The van der Waals surface area contributed by atoms with Crippen LogP contribution in [0.25, 0.3) is 0 Å². The van der Waals surface area contributed by atoms with Crippen LogP contribution >= 0.6 is 0 Å². The molecule has 3 unspecified atom stereocenters. The molecule has 0 aromatic carbocycles. The summed E-state index contributed by atoms with van der Waals surface area (Å²) in [7, 11) is 0. The highest BCUT2D eigenvalue weighted by Gasteiger charge is 2.37. The molecular weight excluding hydrogens is 392 g/mol. The molecule has 2 fully saturated rings. The molecule has 2 rings (SSSR count). The van der Waals surface area contributed by atoms with Crippen molar-refractivity contribution >= 4 is 0 Å². The Morgan fingerprint density at radius 1 is 0.656 bits per heavy atom. The molecule has 2 saturated carbocycles. The van der Waals surface area contributed by atoms with Gasteiger partial charge in [0, 0.05) is 0 Å². The largest absolute Gasteiger partial charge is 0.393 e. The maximum absolute atomic E-state index is 9.91. The van der Waals surface area contributed by atoms with E-state index in [-0.39, 0.29) is 12.2 Å². The molecule has 0 spiro atoms. The van der Waals surface area contributed by atoms with E-state index in [0.29, 0.717) is 22.7 Å². The summed E-state index contributed by atoms with van der Waals surface area (Å²) in [5.74, 6) is 4.08. The van der Waals surface area contributed by atoms with Crippen LogP contribution in [0.5, 0.6) is 0 Å². The topological polar surface area (TPSA) is 40.5 Å². The van der Waals surface area contributed by atoms with E-state index < -0.39 is 0 Å². The second kappa shape index (κ2) is 13.1. The Kier molecular flexibility index (Phi) is 12.3. The molecule has 2 N–H and O–H groups in total. The van der Waals surface area contributed by atoms with Crippen LogP contribution in [-0.4, -0.2) is 22.4 Å². The molecule has 0 saturated heterocycles. The summed E-state index contributed by atoms with van der Waals surface area (Å²) >= 11 is 0. The summed E-state index contributed by atoms with van der Waals surface area (Å²) in [6.45, 7) is 22.9. The van der Waals surface area contributed by atoms with Gasteiger partial charge in [0.1, 0.15) is 0 Å². The monoisotopic (exact) mass is 452 g/mol. The third kappa shape index (κ3) is 9.28. The van der Waals surface area contributed by atoms with E-state index in [1.807, 2.05) is 0 Å². The quantitative estimate of drug-likeness (QED) is 0.387. The van der Waals surface area contributed by atoms with Crippen LogP contribution in [0, 0.1) is 46.3 Å².